The molecule has 0 saturated carbocycles. The first-order valence-corrected chi connectivity index (χ1v) is 5.28. The number of aliphatic hydroxyl groups is 1. The monoisotopic (exact) mass is 244 g/mol. The zero-order valence-electron chi connectivity index (χ0n) is 7.53. The molecule has 0 aliphatic carbocycles. The van der Waals surface area contributed by atoms with Crippen LogP contribution in [-0.2, 0) is 0 Å². The Balaban J connectivity index is 2.45. The first-order valence-electron chi connectivity index (χ1n) is 4.16. The summed E-state index contributed by atoms with van der Waals surface area (Å²) in [4.78, 5) is 0. The summed E-state index contributed by atoms with van der Waals surface area (Å²) in [5.74, 6) is 0.806. The van der Waals surface area contributed by atoms with Gasteiger partial charge in [-0.05, 0) is 24.6 Å². The van der Waals surface area contributed by atoms with Crippen molar-refractivity contribution in [3.63, 3.8) is 0 Å². The molecule has 1 N–H and O–H groups in total. The van der Waals surface area contributed by atoms with Crippen molar-refractivity contribution in [3.8, 4) is 5.75 Å². The number of hydrogen-bond acceptors (Lipinski definition) is 2. The van der Waals surface area contributed by atoms with Crippen LogP contribution in [-0.4, -0.2) is 23.1 Å². The molecule has 1 atom stereocenters. The molecule has 1 aromatic rings. The van der Waals surface area contributed by atoms with E-state index in [1.165, 1.54) is 0 Å². The van der Waals surface area contributed by atoms with Gasteiger partial charge in [0.1, 0.15) is 12.4 Å². The Morgan fingerprint density at radius 2 is 2.31 bits per heavy atom. The second-order valence-electron chi connectivity index (χ2n) is 2.94. The van der Waals surface area contributed by atoms with Gasteiger partial charge in [-0.3, -0.25) is 0 Å². The van der Waals surface area contributed by atoms with E-state index in [1.54, 1.807) is 0 Å². The molecule has 0 fully saturated rings. The van der Waals surface area contributed by atoms with E-state index in [0.29, 0.717) is 11.9 Å². The summed E-state index contributed by atoms with van der Waals surface area (Å²) in [6.45, 7) is 2.34. The van der Waals surface area contributed by atoms with Crippen molar-refractivity contribution in [2.45, 2.75) is 13.0 Å². The Morgan fingerprint density at radius 1 is 1.54 bits per heavy atom. The molecule has 0 heterocycles. The Bertz CT molecular complexity index is 263. The van der Waals surface area contributed by atoms with Gasteiger partial charge >= 0.3 is 0 Å². The van der Waals surface area contributed by atoms with Gasteiger partial charge in [0.2, 0.25) is 0 Å². The lowest BCUT2D eigenvalue weighted by molar-refractivity contribution is 0.127. The van der Waals surface area contributed by atoms with Gasteiger partial charge in [-0.25, -0.2) is 0 Å². The van der Waals surface area contributed by atoms with Crippen LogP contribution in [0.25, 0.3) is 0 Å². The van der Waals surface area contributed by atoms with E-state index in [0.717, 1.165) is 11.3 Å². The molecule has 0 amide bonds. The van der Waals surface area contributed by atoms with Crippen molar-refractivity contribution in [1.29, 1.82) is 0 Å². The van der Waals surface area contributed by atoms with Gasteiger partial charge in [0, 0.05) is 5.33 Å². The van der Waals surface area contributed by atoms with Crippen LogP contribution in [0, 0.1) is 6.92 Å². The maximum atomic E-state index is 9.22. The third kappa shape index (κ3) is 3.79. The Morgan fingerprint density at radius 3 is 2.92 bits per heavy atom. The summed E-state index contributed by atoms with van der Waals surface area (Å²) >= 11 is 3.17. The van der Waals surface area contributed by atoms with E-state index in [-0.39, 0.29) is 0 Å². The largest absolute Gasteiger partial charge is 0.491 e. The molecule has 1 rings (SSSR count). The molecular weight excluding hydrogens is 232 g/mol. The number of aryl methyl sites for hydroxylation is 1. The molecule has 2 nitrogen and oxygen atoms in total. The lowest BCUT2D eigenvalue weighted by Gasteiger charge is -2.09. The first-order chi connectivity index (χ1) is 6.22. The SMILES string of the molecule is Cc1cccc(OCC(O)CBr)c1. The Labute approximate surface area is 86.7 Å². The molecule has 0 radical (unpaired) electrons. The van der Waals surface area contributed by atoms with Crippen LogP contribution in [0.5, 0.6) is 5.75 Å². The van der Waals surface area contributed by atoms with Gasteiger partial charge in [-0.2, -0.15) is 0 Å². The fraction of sp³-hybridized carbons (Fsp3) is 0.400. The van der Waals surface area contributed by atoms with Gasteiger partial charge in [0.25, 0.3) is 0 Å². The first kappa shape index (κ1) is 10.5. The van der Waals surface area contributed by atoms with Crippen molar-refractivity contribution in [2.24, 2.45) is 0 Å². The van der Waals surface area contributed by atoms with Crippen LogP contribution < -0.4 is 4.74 Å². The molecule has 3 heteroatoms. The van der Waals surface area contributed by atoms with Crippen LogP contribution in [0.4, 0.5) is 0 Å². The van der Waals surface area contributed by atoms with Crippen molar-refractivity contribution >= 4 is 15.9 Å². The van der Waals surface area contributed by atoms with Gasteiger partial charge in [-0.15, -0.1) is 0 Å². The number of benzene rings is 1. The number of hydrogen-bond donors (Lipinski definition) is 1. The average molecular weight is 245 g/mol. The standard InChI is InChI=1S/C10H13BrO2/c1-8-3-2-4-10(5-8)13-7-9(12)6-11/h2-5,9,12H,6-7H2,1H3. The van der Waals surface area contributed by atoms with Gasteiger partial charge in [-0.1, -0.05) is 28.1 Å². The maximum Gasteiger partial charge on any atom is 0.119 e. The number of aliphatic hydroxyl groups excluding tert-OH is 1. The third-order valence-electron chi connectivity index (χ3n) is 1.61. The fourth-order valence-electron chi connectivity index (χ4n) is 0.942. The highest BCUT2D eigenvalue weighted by Gasteiger charge is 2.02. The highest BCUT2D eigenvalue weighted by molar-refractivity contribution is 9.09. The quantitative estimate of drug-likeness (QED) is 0.823. The average Bonchev–Trinajstić information content (AvgIpc) is 2.14. The minimum Gasteiger partial charge on any atom is -0.491 e. The molecule has 0 aromatic heterocycles. The molecular formula is C10H13BrO2. The van der Waals surface area contributed by atoms with Crippen LogP contribution in [0.15, 0.2) is 24.3 Å². The maximum absolute atomic E-state index is 9.22. The highest BCUT2D eigenvalue weighted by Crippen LogP contribution is 2.12. The Hall–Kier alpha value is -0.540. The number of alkyl halides is 1. The minimum atomic E-state index is -0.444. The molecule has 1 aromatic carbocycles. The molecule has 0 saturated heterocycles. The van der Waals surface area contributed by atoms with Crippen molar-refractivity contribution in [1.82, 2.24) is 0 Å². The van der Waals surface area contributed by atoms with Crippen LogP contribution >= 0.6 is 15.9 Å². The number of ether oxygens (including phenoxy) is 1. The summed E-state index contributed by atoms with van der Waals surface area (Å²) in [5, 5.41) is 9.76. The molecule has 0 aliphatic heterocycles. The predicted octanol–water partition coefficient (Wildman–Crippen LogP) is 2.13. The van der Waals surface area contributed by atoms with E-state index < -0.39 is 6.10 Å². The molecule has 0 spiro atoms. The highest BCUT2D eigenvalue weighted by atomic mass is 79.9. The lowest BCUT2D eigenvalue weighted by atomic mass is 10.2. The summed E-state index contributed by atoms with van der Waals surface area (Å²) in [6.07, 6.45) is -0.444. The number of rotatable bonds is 4. The fourth-order valence-corrected chi connectivity index (χ4v) is 1.13. The van der Waals surface area contributed by atoms with E-state index in [2.05, 4.69) is 15.9 Å². The Kier molecular flexibility index (Phi) is 4.25. The summed E-state index contributed by atoms with van der Waals surface area (Å²) in [7, 11) is 0. The smallest absolute Gasteiger partial charge is 0.119 e. The van der Waals surface area contributed by atoms with E-state index in [1.807, 2.05) is 31.2 Å². The molecule has 1 unspecified atom stereocenters. The van der Waals surface area contributed by atoms with E-state index >= 15 is 0 Å². The molecule has 0 aliphatic rings. The van der Waals surface area contributed by atoms with E-state index in [4.69, 9.17) is 4.74 Å². The molecule has 0 bridgehead atoms. The van der Waals surface area contributed by atoms with Gasteiger partial charge < -0.3 is 9.84 Å². The second kappa shape index (κ2) is 5.25. The van der Waals surface area contributed by atoms with Crippen LogP contribution in [0.3, 0.4) is 0 Å². The predicted molar refractivity (Wildman–Crippen MR) is 56.5 cm³/mol. The third-order valence-corrected chi connectivity index (χ3v) is 2.36. The zero-order valence-corrected chi connectivity index (χ0v) is 9.12. The van der Waals surface area contributed by atoms with Gasteiger partial charge in [0.15, 0.2) is 0 Å². The molecule has 13 heavy (non-hydrogen) atoms. The second-order valence-corrected chi connectivity index (χ2v) is 3.58. The summed E-state index contributed by atoms with van der Waals surface area (Å²) < 4.78 is 5.36. The van der Waals surface area contributed by atoms with E-state index in [9.17, 15) is 5.11 Å². The number of halogens is 1. The lowest BCUT2D eigenvalue weighted by Crippen LogP contribution is -2.18. The molecule has 72 valence electrons. The van der Waals surface area contributed by atoms with Crippen molar-refractivity contribution < 1.29 is 9.84 Å². The minimum absolute atomic E-state index is 0.328. The zero-order chi connectivity index (χ0) is 9.68. The van der Waals surface area contributed by atoms with Crippen molar-refractivity contribution in [3.05, 3.63) is 29.8 Å². The topological polar surface area (TPSA) is 29.5 Å². The normalized spacial score (nSPS) is 12.5. The van der Waals surface area contributed by atoms with Crippen LogP contribution in [0.2, 0.25) is 0 Å². The van der Waals surface area contributed by atoms with Crippen molar-refractivity contribution in [2.75, 3.05) is 11.9 Å². The summed E-state index contributed by atoms with van der Waals surface area (Å²) in [6, 6.07) is 7.77. The van der Waals surface area contributed by atoms with Crippen LogP contribution in [0.1, 0.15) is 5.56 Å². The van der Waals surface area contributed by atoms with Gasteiger partial charge in [0.05, 0.1) is 6.10 Å². The summed E-state index contributed by atoms with van der Waals surface area (Å²) in [5.41, 5.74) is 1.16.